The van der Waals surface area contributed by atoms with Crippen molar-refractivity contribution in [2.75, 3.05) is 18.4 Å². The molecule has 0 unspecified atom stereocenters. The number of nitrogens with zero attached hydrogens (tertiary/aromatic N) is 1. The summed E-state index contributed by atoms with van der Waals surface area (Å²) in [6, 6.07) is 13.4. The molecule has 5 rings (SSSR count). The molecule has 2 aromatic heterocycles. The molecule has 0 saturated carbocycles. The predicted octanol–water partition coefficient (Wildman–Crippen LogP) is 4.38. The molecule has 1 aliphatic carbocycles. The van der Waals surface area contributed by atoms with Crippen LogP contribution < -0.4 is 26.9 Å². The molecule has 6 nitrogen and oxygen atoms in total. The zero-order valence-corrected chi connectivity index (χ0v) is 21.8. The molecule has 0 spiro atoms. The average Bonchev–Trinajstić information content (AvgIpc) is 3.32. The maximum Gasteiger partial charge on any atom is 0.237 e. The highest BCUT2D eigenvalue weighted by Gasteiger charge is 2.15. The normalized spacial score (nSPS) is 13.6. The van der Waals surface area contributed by atoms with Crippen LogP contribution in [0, 0.1) is 0 Å². The van der Waals surface area contributed by atoms with Crippen molar-refractivity contribution in [3.8, 4) is 0 Å². The lowest BCUT2D eigenvalue weighted by molar-refractivity contribution is -0.122. The number of carbonyl (C=O) groups excluding carboxylic acids is 1. The maximum absolute atomic E-state index is 12.5. The molecule has 0 aliphatic heterocycles. The van der Waals surface area contributed by atoms with E-state index in [1.165, 1.54) is 5.22 Å². The van der Waals surface area contributed by atoms with Gasteiger partial charge in [-0.25, -0.2) is 4.98 Å². The van der Waals surface area contributed by atoms with Gasteiger partial charge >= 0.3 is 0 Å². The number of hydrogen-bond donors (Lipinski definition) is 4. The van der Waals surface area contributed by atoms with Gasteiger partial charge in [0.25, 0.3) is 0 Å². The molecule has 0 bridgehead atoms. The molecule has 2 aromatic carbocycles. The Morgan fingerprint density at radius 3 is 2.73 bits per heavy atom. The molecule has 1 atom stereocenters. The monoisotopic (exact) mass is 515 g/mol. The summed E-state index contributed by atoms with van der Waals surface area (Å²) in [7, 11) is 0. The van der Waals surface area contributed by atoms with Gasteiger partial charge in [0.15, 0.2) is 0 Å². The zero-order chi connectivity index (χ0) is 25.6. The van der Waals surface area contributed by atoms with E-state index in [-0.39, 0.29) is 5.91 Å². The van der Waals surface area contributed by atoms with E-state index >= 15 is 0 Å². The number of nitrogens with one attached hydrogen (secondary N) is 3. The standard InChI is InChI=1S/C30H34ClN5O/c31-21-13-14-24-28(18-21)36-27-12-6-4-10-23(27)29(24)33-15-7-1-2-8-16-34-30(37)25(32)17-20-19-35-26-11-5-3-9-22(20)26/h3,5,9-14,18-19,25,33,35H,1-2,4,6-8,15-17,32H2,(H,34,37)/t25-/m0/s1. The smallest absolute Gasteiger partial charge is 0.237 e. The summed E-state index contributed by atoms with van der Waals surface area (Å²) in [5.41, 5.74) is 10.4. The first kappa shape index (κ1) is 25.3. The molecule has 1 amide bonds. The van der Waals surface area contributed by atoms with Crippen molar-refractivity contribution in [3.63, 3.8) is 0 Å². The number of anilines is 1. The third-order valence-corrected chi connectivity index (χ3v) is 7.26. The first-order valence-corrected chi connectivity index (χ1v) is 13.6. The molecule has 0 saturated heterocycles. The zero-order valence-electron chi connectivity index (χ0n) is 21.0. The minimum Gasteiger partial charge on any atom is -0.384 e. The number of carbonyl (C=O) groups is 1. The first-order chi connectivity index (χ1) is 18.1. The molecule has 0 radical (unpaired) electrons. The molecule has 192 valence electrons. The topological polar surface area (TPSA) is 95.8 Å². The Morgan fingerprint density at radius 1 is 1.03 bits per heavy atom. The molecule has 5 N–H and O–H groups in total. The Hall–Kier alpha value is -3.35. The second-order valence-electron chi connectivity index (χ2n) is 9.73. The van der Waals surface area contributed by atoms with Crippen LogP contribution in [-0.2, 0) is 11.2 Å². The van der Waals surface area contributed by atoms with Crippen LogP contribution in [0.5, 0.6) is 0 Å². The minimum absolute atomic E-state index is 0.0885. The fourth-order valence-corrected chi connectivity index (χ4v) is 5.23. The van der Waals surface area contributed by atoms with Gasteiger partial charge in [-0.3, -0.25) is 4.79 Å². The molecule has 0 fully saturated rings. The van der Waals surface area contributed by atoms with Crippen molar-refractivity contribution < 1.29 is 4.79 Å². The molecule has 7 heteroatoms. The molecule has 37 heavy (non-hydrogen) atoms. The van der Waals surface area contributed by atoms with Crippen LogP contribution in [0.15, 0.2) is 48.7 Å². The van der Waals surface area contributed by atoms with Crippen molar-refractivity contribution in [2.45, 2.75) is 51.0 Å². The van der Waals surface area contributed by atoms with Crippen molar-refractivity contribution in [3.05, 3.63) is 69.8 Å². The number of benzene rings is 2. The lowest BCUT2D eigenvalue weighted by Crippen LogP contribution is -2.42. The number of fused-ring (bicyclic) bond motifs is 3. The highest BCUT2D eigenvalue weighted by molar-refractivity contribution is 6.31. The second kappa shape index (κ2) is 11.8. The van der Waals surface area contributed by atoms with Crippen molar-refractivity contribution in [1.82, 2.24) is 15.3 Å². The van der Waals surface area contributed by atoms with Gasteiger partial charge in [0.05, 0.1) is 22.6 Å². The first-order valence-electron chi connectivity index (χ1n) is 13.2. The number of unbranched alkanes of at least 4 members (excludes halogenated alkanes) is 3. The fourth-order valence-electron chi connectivity index (χ4n) is 5.06. The number of aromatic amines is 1. The summed E-state index contributed by atoms with van der Waals surface area (Å²) in [6.45, 7) is 1.55. The van der Waals surface area contributed by atoms with Crippen LogP contribution in [0.4, 0.5) is 5.69 Å². The van der Waals surface area contributed by atoms with Gasteiger partial charge in [0.1, 0.15) is 0 Å². The SMILES string of the molecule is N[C@@H](Cc1c[nH]c2ccccc12)C(=O)NCCCCCCNc1c2c(nc3cc(Cl)ccc13)=CCCC=2. The second-order valence-corrected chi connectivity index (χ2v) is 10.2. The number of nitrogens with two attached hydrogens (primary N) is 1. The van der Waals surface area contributed by atoms with E-state index in [0.29, 0.717) is 18.0 Å². The van der Waals surface area contributed by atoms with Gasteiger partial charge < -0.3 is 21.4 Å². The third kappa shape index (κ3) is 5.97. The number of H-pyrrole nitrogens is 1. The molecular formula is C30H34ClN5O. The Kier molecular flexibility index (Phi) is 8.07. The summed E-state index contributed by atoms with van der Waals surface area (Å²) in [5.74, 6) is -0.0885. The summed E-state index contributed by atoms with van der Waals surface area (Å²) >= 11 is 6.22. The van der Waals surface area contributed by atoms with E-state index in [4.69, 9.17) is 22.3 Å². The fraction of sp³-hybridized carbons (Fsp3) is 0.333. The lowest BCUT2D eigenvalue weighted by Gasteiger charge is -2.14. The van der Waals surface area contributed by atoms with Crippen molar-refractivity contribution in [1.29, 1.82) is 0 Å². The molecular weight excluding hydrogens is 482 g/mol. The molecule has 4 aromatic rings. The van der Waals surface area contributed by atoms with E-state index in [2.05, 4.69) is 39.9 Å². The Balaban J connectivity index is 1.05. The quantitative estimate of drug-likeness (QED) is 0.223. The van der Waals surface area contributed by atoms with Gasteiger partial charge in [-0.1, -0.05) is 54.8 Å². The van der Waals surface area contributed by atoms with Crippen LogP contribution in [-0.4, -0.2) is 35.0 Å². The van der Waals surface area contributed by atoms with Gasteiger partial charge in [0, 0.05) is 45.8 Å². The van der Waals surface area contributed by atoms with Crippen molar-refractivity contribution in [2.24, 2.45) is 5.73 Å². The van der Waals surface area contributed by atoms with E-state index in [1.807, 2.05) is 36.5 Å². The predicted molar refractivity (Wildman–Crippen MR) is 154 cm³/mol. The summed E-state index contributed by atoms with van der Waals surface area (Å²) in [5, 5.41) is 11.9. The number of halogens is 1. The highest BCUT2D eigenvalue weighted by Crippen LogP contribution is 2.22. The van der Waals surface area contributed by atoms with Crippen LogP contribution in [0.2, 0.25) is 5.02 Å². The largest absolute Gasteiger partial charge is 0.384 e. The van der Waals surface area contributed by atoms with Crippen LogP contribution >= 0.6 is 11.6 Å². The third-order valence-electron chi connectivity index (χ3n) is 7.02. The lowest BCUT2D eigenvalue weighted by atomic mass is 10.0. The maximum atomic E-state index is 12.5. The summed E-state index contributed by atoms with van der Waals surface area (Å²) in [4.78, 5) is 20.5. The Labute approximate surface area is 222 Å². The number of pyridine rings is 1. The van der Waals surface area contributed by atoms with Gasteiger partial charge in [-0.15, -0.1) is 0 Å². The van der Waals surface area contributed by atoms with Crippen LogP contribution in [0.25, 0.3) is 34.0 Å². The van der Waals surface area contributed by atoms with Gasteiger partial charge in [0.2, 0.25) is 5.91 Å². The number of para-hydroxylation sites is 1. The van der Waals surface area contributed by atoms with E-state index < -0.39 is 6.04 Å². The van der Waals surface area contributed by atoms with E-state index in [0.717, 1.165) is 83.5 Å². The van der Waals surface area contributed by atoms with Crippen LogP contribution in [0.1, 0.15) is 44.1 Å². The van der Waals surface area contributed by atoms with E-state index in [1.54, 1.807) is 0 Å². The van der Waals surface area contributed by atoms with Gasteiger partial charge in [-0.2, -0.15) is 0 Å². The van der Waals surface area contributed by atoms with Gasteiger partial charge in [-0.05, 0) is 61.9 Å². The number of hydrogen-bond acceptors (Lipinski definition) is 4. The molecule has 2 heterocycles. The van der Waals surface area contributed by atoms with Crippen molar-refractivity contribution >= 4 is 57.2 Å². The minimum atomic E-state index is -0.548. The summed E-state index contributed by atoms with van der Waals surface area (Å²) < 4.78 is 0. The Morgan fingerprint density at radius 2 is 1.84 bits per heavy atom. The van der Waals surface area contributed by atoms with Crippen LogP contribution in [0.3, 0.4) is 0 Å². The highest BCUT2D eigenvalue weighted by atomic mass is 35.5. The molecule has 1 aliphatic rings. The van der Waals surface area contributed by atoms with E-state index in [9.17, 15) is 4.79 Å². The number of aromatic nitrogens is 2. The Bertz CT molecular complexity index is 1530. The average molecular weight is 516 g/mol. The number of rotatable bonds is 11. The number of amides is 1. The summed E-state index contributed by atoms with van der Waals surface area (Å²) in [6.07, 6.45) is 13.2.